The molecule has 0 aliphatic rings. The molecule has 52 valence electrons. The zero-order valence-electron chi connectivity index (χ0n) is 4.83. The molecule has 0 atom stereocenters. The van der Waals surface area contributed by atoms with Gasteiger partial charge in [-0.25, -0.2) is 0 Å². The van der Waals surface area contributed by atoms with Gasteiger partial charge in [0.1, 0.15) is 0 Å². The minimum atomic E-state index is -0.766. The maximum absolute atomic E-state index is 10.5. The summed E-state index contributed by atoms with van der Waals surface area (Å²) in [6.07, 6.45) is 1.12. The van der Waals surface area contributed by atoms with E-state index >= 15 is 0 Å². The van der Waals surface area contributed by atoms with Crippen LogP contribution >= 0.6 is 11.6 Å². The summed E-state index contributed by atoms with van der Waals surface area (Å²) in [6.45, 7) is 0. The average Bonchev–Trinajstić information content (AvgIpc) is 1.88. The zero-order chi connectivity index (χ0) is 7.56. The molecule has 0 spiro atoms. The van der Waals surface area contributed by atoms with Crippen molar-refractivity contribution >= 4 is 16.8 Å². The van der Waals surface area contributed by atoms with Gasteiger partial charge in [0.2, 0.25) is 0 Å². The Morgan fingerprint density at radius 3 is 2.70 bits per heavy atom. The lowest BCUT2D eigenvalue weighted by molar-refractivity contribution is 0.105. The molecule has 0 saturated carbocycles. The van der Waals surface area contributed by atoms with Crippen LogP contribution in [0.5, 0.6) is 0 Å². The fourth-order valence-electron chi connectivity index (χ4n) is 0.489. The lowest BCUT2D eigenvalue weighted by Crippen LogP contribution is -1.99. The van der Waals surface area contributed by atoms with Gasteiger partial charge in [0, 0.05) is 12.1 Å². The SMILES string of the molecule is O=C(Cl)c1cc(=O)cco1. The molecule has 0 N–H and O–H groups in total. The summed E-state index contributed by atoms with van der Waals surface area (Å²) in [7, 11) is 0. The van der Waals surface area contributed by atoms with Crippen molar-refractivity contribution in [2.75, 3.05) is 0 Å². The molecule has 0 aliphatic heterocycles. The van der Waals surface area contributed by atoms with Crippen LogP contribution in [-0.4, -0.2) is 5.24 Å². The van der Waals surface area contributed by atoms with Crippen LogP contribution in [0.3, 0.4) is 0 Å². The summed E-state index contributed by atoms with van der Waals surface area (Å²) in [5, 5.41) is -0.766. The molecule has 0 amide bonds. The van der Waals surface area contributed by atoms with Crippen molar-refractivity contribution in [3.63, 3.8) is 0 Å². The van der Waals surface area contributed by atoms with Gasteiger partial charge >= 0.3 is 0 Å². The number of halogens is 1. The van der Waals surface area contributed by atoms with Crippen LogP contribution in [0.15, 0.2) is 27.6 Å². The van der Waals surface area contributed by atoms with Crippen LogP contribution in [0.4, 0.5) is 0 Å². The Morgan fingerprint density at radius 1 is 1.60 bits per heavy atom. The molecule has 1 heterocycles. The highest BCUT2D eigenvalue weighted by Crippen LogP contribution is 1.98. The van der Waals surface area contributed by atoms with Crippen LogP contribution in [0.1, 0.15) is 10.6 Å². The van der Waals surface area contributed by atoms with Gasteiger partial charge in [0.05, 0.1) is 6.26 Å². The molecule has 0 aromatic carbocycles. The van der Waals surface area contributed by atoms with Crippen LogP contribution in [0.25, 0.3) is 0 Å². The standard InChI is InChI=1S/C6H3ClO3/c7-6(9)5-3-4(8)1-2-10-5/h1-3H. The molecule has 3 nitrogen and oxygen atoms in total. The largest absolute Gasteiger partial charge is 0.460 e. The number of carbonyl (C=O) groups excluding carboxylic acids is 1. The molecule has 1 aromatic heterocycles. The molecule has 4 heteroatoms. The quantitative estimate of drug-likeness (QED) is 0.574. The minimum Gasteiger partial charge on any atom is -0.460 e. The van der Waals surface area contributed by atoms with Crippen molar-refractivity contribution in [2.24, 2.45) is 0 Å². The second-order valence-electron chi connectivity index (χ2n) is 1.61. The van der Waals surface area contributed by atoms with Gasteiger partial charge in [-0.05, 0) is 11.6 Å². The maximum Gasteiger partial charge on any atom is 0.287 e. The molecule has 1 aromatic rings. The zero-order valence-corrected chi connectivity index (χ0v) is 5.59. The van der Waals surface area contributed by atoms with Crippen LogP contribution in [0, 0.1) is 0 Å². The highest BCUT2D eigenvalue weighted by Gasteiger charge is 2.02. The Kier molecular flexibility index (Phi) is 1.87. The topological polar surface area (TPSA) is 47.3 Å². The van der Waals surface area contributed by atoms with Crippen molar-refractivity contribution in [2.45, 2.75) is 0 Å². The van der Waals surface area contributed by atoms with E-state index in [2.05, 4.69) is 4.42 Å². The van der Waals surface area contributed by atoms with Gasteiger partial charge in [0.25, 0.3) is 5.24 Å². The minimum absolute atomic E-state index is 0.130. The van der Waals surface area contributed by atoms with E-state index in [1.54, 1.807) is 0 Å². The van der Waals surface area contributed by atoms with E-state index in [4.69, 9.17) is 11.6 Å². The summed E-state index contributed by atoms with van der Waals surface area (Å²) < 4.78 is 4.59. The number of hydrogen-bond donors (Lipinski definition) is 0. The number of rotatable bonds is 1. The summed E-state index contributed by atoms with van der Waals surface area (Å²) in [4.78, 5) is 20.9. The van der Waals surface area contributed by atoms with Crippen molar-refractivity contribution in [1.82, 2.24) is 0 Å². The van der Waals surface area contributed by atoms with Crippen LogP contribution < -0.4 is 5.43 Å². The molecule has 0 aliphatic carbocycles. The third-order valence-electron chi connectivity index (χ3n) is 0.894. The van der Waals surface area contributed by atoms with E-state index in [9.17, 15) is 9.59 Å². The Hall–Kier alpha value is -1.09. The summed E-state index contributed by atoms with van der Waals surface area (Å²) in [5.74, 6) is -0.130. The van der Waals surface area contributed by atoms with E-state index in [0.717, 1.165) is 12.3 Å². The smallest absolute Gasteiger partial charge is 0.287 e. The Balaban J connectivity index is 3.20. The van der Waals surface area contributed by atoms with Gasteiger partial charge in [0.15, 0.2) is 11.2 Å². The number of carbonyl (C=O) groups is 1. The van der Waals surface area contributed by atoms with Gasteiger partial charge in [-0.2, -0.15) is 0 Å². The first-order valence-electron chi connectivity index (χ1n) is 2.49. The molecular weight excluding hydrogens is 156 g/mol. The van der Waals surface area contributed by atoms with Crippen molar-refractivity contribution in [3.8, 4) is 0 Å². The predicted octanol–water partition coefficient (Wildman–Crippen LogP) is 1.02. The highest BCUT2D eigenvalue weighted by molar-refractivity contribution is 6.67. The van der Waals surface area contributed by atoms with E-state index < -0.39 is 5.24 Å². The maximum atomic E-state index is 10.5. The first kappa shape index (κ1) is 7.02. The van der Waals surface area contributed by atoms with Gasteiger partial charge in [-0.15, -0.1) is 0 Å². The highest BCUT2D eigenvalue weighted by atomic mass is 35.5. The first-order valence-corrected chi connectivity index (χ1v) is 2.86. The van der Waals surface area contributed by atoms with Gasteiger partial charge < -0.3 is 4.42 Å². The lowest BCUT2D eigenvalue weighted by atomic mass is 10.4. The van der Waals surface area contributed by atoms with Crippen molar-refractivity contribution < 1.29 is 9.21 Å². The van der Waals surface area contributed by atoms with Crippen molar-refractivity contribution in [1.29, 1.82) is 0 Å². The summed E-state index contributed by atoms with van der Waals surface area (Å²) in [5.41, 5.74) is -0.296. The van der Waals surface area contributed by atoms with E-state index in [-0.39, 0.29) is 11.2 Å². The number of hydrogen-bond acceptors (Lipinski definition) is 3. The van der Waals surface area contributed by atoms with E-state index in [0.29, 0.717) is 0 Å². The first-order chi connectivity index (χ1) is 4.70. The average molecular weight is 159 g/mol. The van der Waals surface area contributed by atoms with Gasteiger partial charge in [-0.1, -0.05) is 0 Å². The molecule has 10 heavy (non-hydrogen) atoms. The molecule has 0 saturated heterocycles. The van der Waals surface area contributed by atoms with E-state index in [1.165, 1.54) is 6.07 Å². The van der Waals surface area contributed by atoms with E-state index in [1.807, 2.05) is 0 Å². The normalized spacial score (nSPS) is 9.30. The Labute approximate surface area is 61.2 Å². The van der Waals surface area contributed by atoms with Crippen molar-refractivity contribution in [3.05, 3.63) is 34.4 Å². The molecule has 0 fully saturated rings. The molecule has 0 radical (unpaired) electrons. The van der Waals surface area contributed by atoms with Gasteiger partial charge in [-0.3, -0.25) is 9.59 Å². The molecule has 0 bridgehead atoms. The Morgan fingerprint density at radius 2 is 2.30 bits per heavy atom. The monoisotopic (exact) mass is 158 g/mol. The Bertz CT molecular complexity index is 302. The summed E-state index contributed by atoms with van der Waals surface area (Å²) in [6, 6.07) is 2.23. The molecule has 1 rings (SSSR count). The molecular formula is C6H3ClO3. The third kappa shape index (κ3) is 1.45. The fraction of sp³-hybridized carbons (Fsp3) is 0. The summed E-state index contributed by atoms with van der Waals surface area (Å²) >= 11 is 5.00. The lowest BCUT2D eigenvalue weighted by Gasteiger charge is -1.87. The second-order valence-corrected chi connectivity index (χ2v) is 1.95. The van der Waals surface area contributed by atoms with Crippen LogP contribution in [0.2, 0.25) is 0 Å². The third-order valence-corrected chi connectivity index (χ3v) is 1.08. The fourth-order valence-corrected chi connectivity index (χ4v) is 0.588. The predicted molar refractivity (Wildman–Crippen MR) is 35.2 cm³/mol. The second kappa shape index (κ2) is 2.66. The molecule has 0 unspecified atom stereocenters. The van der Waals surface area contributed by atoms with Crippen LogP contribution in [-0.2, 0) is 0 Å².